The molecule has 0 saturated carbocycles. The van der Waals surface area contributed by atoms with Crippen molar-refractivity contribution in [3.63, 3.8) is 0 Å². The van der Waals surface area contributed by atoms with Gasteiger partial charge in [0.15, 0.2) is 0 Å². The highest BCUT2D eigenvalue weighted by molar-refractivity contribution is 7.26. The third-order valence-corrected chi connectivity index (χ3v) is 24.8. The summed E-state index contributed by atoms with van der Waals surface area (Å²) in [5, 5.41) is 25.1. The zero-order valence-corrected chi connectivity index (χ0v) is 60.3. The van der Waals surface area contributed by atoms with Crippen molar-refractivity contribution in [2.24, 2.45) is 0 Å². The van der Waals surface area contributed by atoms with Crippen LogP contribution in [0, 0.1) is 0 Å². The molecule has 502 valence electrons. The first-order valence-electron chi connectivity index (χ1n) is 37.1. The van der Waals surface area contributed by atoms with Gasteiger partial charge in [-0.1, -0.05) is 267 Å². The van der Waals surface area contributed by atoms with E-state index in [1.54, 1.807) is 0 Å². The van der Waals surface area contributed by atoms with Gasteiger partial charge < -0.3 is 9.80 Å². The highest BCUT2D eigenvalue weighted by Crippen LogP contribution is 2.48. The largest absolute Gasteiger partial charge is 0.310 e. The molecule has 0 fully saturated rings. The Labute approximate surface area is 632 Å². The van der Waals surface area contributed by atoms with Crippen LogP contribution in [0.3, 0.4) is 0 Å². The molecule has 0 aliphatic heterocycles. The summed E-state index contributed by atoms with van der Waals surface area (Å²) in [6.45, 7) is 0. The highest BCUT2D eigenvalue weighted by atomic mass is 32.1. The maximum atomic E-state index is 2.44. The van der Waals surface area contributed by atoms with Gasteiger partial charge in [-0.2, -0.15) is 0 Å². The molecule has 2 heterocycles. The van der Waals surface area contributed by atoms with Crippen molar-refractivity contribution in [1.29, 1.82) is 0 Å². The molecule has 2 nitrogen and oxygen atoms in total. The lowest BCUT2D eigenvalue weighted by Gasteiger charge is -2.27. The van der Waals surface area contributed by atoms with Gasteiger partial charge in [-0.3, -0.25) is 0 Å². The summed E-state index contributed by atoms with van der Waals surface area (Å²) in [7, 11) is 0. The number of fused-ring (bicyclic) bond motifs is 18. The van der Waals surface area contributed by atoms with Crippen molar-refractivity contribution < 1.29 is 0 Å². The molecule has 0 aliphatic rings. The first kappa shape index (κ1) is 61.9. The van der Waals surface area contributed by atoms with Gasteiger partial charge in [0.05, 0.1) is 5.69 Å². The van der Waals surface area contributed by atoms with E-state index in [1.807, 2.05) is 22.7 Å². The maximum Gasteiger partial charge on any atom is 0.0540 e. The van der Waals surface area contributed by atoms with Crippen LogP contribution in [-0.2, 0) is 0 Å². The van der Waals surface area contributed by atoms with Crippen LogP contribution in [0.4, 0.5) is 34.1 Å². The van der Waals surface area contributed by atoms with E-state index in [9.17, 15) is 0 Å². The summed E-state index contributed by atoms with van der Waals surface area (Å²) in [5.74, 6) is 0. The summed E-state index contributed by atoms with van der Waals surface area (Å²) in [4.78, 5) is 4.86. The molecule has 0 N–H and O–H groups in total. The molecule has 4 heteroatoms. The number of hydrogen-bond donors (Lipinski definition) is 0. The number of anilines is 6. The summed E-state index contributed by atoms with van der Waals surface area (Å²) < 4.78 is 5.19. The zero-order chi connectivity index (χ0) is 70.9. The van der Waals surface area contributed by atoms with Gasteiger partial charge in [-0.05, 0) is 258 Å². The number of benzene rings is 20. The van der Waals surface area contributed by atoms with E-state index in [0.29, 0.717) is 0 Å². The number of thiophene rings is 2. The number of hydrogen-bond acceptors (Lipinski definition) is 4. The number of nitrogens with zero attached hydrogens (tertiary/aromatic N) is 2. The molecule has 0 amide bonds. The van der Waals surface area contributed by atoms with Crippen LogP contribution in [0.2, 0.25) is 0 Å². The Morgan fingerprint density at radius 2 is 0.519 bits per heavy atom. The molecule has 22 rings (SSSR count). The molecule has 0 saturated heterocycles. The van der Waals surface area contributed by atoms with E-state index >= 15 is 0 Å². The van der Waals surface area contributed by atoms with E-state index in [0.717, 1.165) is 34.1 Å². The van der Waals surface area contributed by atoms with Crippen LogP contribution in [0.15, 0.2) is 388 Å². The van der Waals surface area contributed by atoms with Crippen molar-refractivity contribution >= 4 is 183 Å². The molecular weight excluding hydrogens is 1340 g/mol. The molecule has 0 aliphatic carbocycles. The Bertz CT molecular complexity index is 7420. The molecule has 2 aromatic heterocycles. The van der Waals surface area contributed by atoms with Crippen molar-refractivity contribution in [1.82, 2.24) is 0 Å². The van der Waals surface area contributed by atoms with Crippen molar-refractivity contribution in [3.8, 4) is 55.6 Å². The average Bonchev–Trinajstić information content (AvgIpc) is 1.49. The van der Waals surface area contributed by atoms with E-state index < -0.39 is 0 Å². The molecule has 0 unspecified atom stereocenters. The van der Waals surface area contributed by atoms with Gasteiger partial charge in [0.25, 0.3) is 0 Å². The standard InChI is InChI=1S/C104H64N2S2/c1-3-14-65(15-4-1)72-19-11-22-84(55-72)105(82-43-32-67(33-44-82)75-30-28-70-38-49-89-87-24-8-7-18-69(87)37-51-91(89)95(70)58-75)86-47-36-78-62-103-98(60-81(78)57-86)94-53-41-77(61-102(94)108-103)74-40-48-88-80(54-74)42-52-92-90(88)50-39-71-29-31-76(59-96(71)92)68-34-45-83(46-35-68)106(85-23-12-20-73(56-85)66-16-5-2-6-17-66)100-26-13-21-79-63-104-99(64-97(79)100)93-25-9-10-27-101(93)107-104/h1-64H. The minimum atomic E-state index is 1.09. The normalized spacial score (nSPS) is 11.9. The second-order valence-electron chi connectivity index (χ2n) is 28.7. The average molecular weight is 1410 g/mol. The first-order valence-corrected chi connectivity index (χ1v) is 38.7. The molecule has 0 bridgehead atoms. The minimum absolute atomic E-state index is 1.09. The minimum Gasteiger partial charge on any atom is -0.310 e. The molecule has 22 aromatic rings. The SMILES string of the molecule is c1ccc(-c2cccc(N(c3ccc(-c4ccc5ccc6c7ccccc7ccc6c5c4)cc3)c3ccc4cc5sc6cc(-c7ccc8c(ccc9c%10cc(-c%11ccc(N(c%12cccc(-c%13ccccc%13)c%12)c%12cccc%13cc%14sc%15ccccc%15c%14cc%12%13)cc%11)ccc%10ccc89)c7)ccc6c5cc4c3)c2)cc1. The monoisotopic (exact) mass is 1400 g/mol. The lowest BCUT2D eigenvalue weighted by Crippen LogP contribution is -2.10. The Morgan fingerprint density at radius 1 is 0.139 bits per heavy atom. The molecule has 0 atom stereocenters. The zero-order valence-electron chi connectivity index (χ0n) is 58.7. The lowest BCUT2D eigenvalue weighted by atomic mass is 9.93. The van der Waals surface area contributed by atoms with Crippen LogP contribution < -0.4 is 9.80 Å². The second kappa shape index (κ2) is 25.1. The fourth-order valence-electron chi connectivity index (χ4n) is 17.1. The fraction of sp³-hybridized carbons (Fsp3) is 0. The van der Waals surface area contributed by atoms with Crippen LogP contribution in [-0.4, -0.2) is 0 Å². The van der Waals surface area contributed by atoms with E-state index in [1.165, 1.54) is 182 Å². The Hall–Kier alpha value is -13.5. The van der Waals surface area contributed by atoms with E-state index in [2.05, 4.69) is 398 Å². The van der Waals surface area contributed by atoms with Crippen molar-refractivity contribution in [2.45, 2.75) is 0 Å². The first-order chi connectivity index (χ1) is 53.4. The van der Waals surface area contributed by atoms with Crippen molar-refractivity contribution in [2.75, 3.05) is 9.80 Å². The molecule has 20 aromatic carbocycles. The summed E-state index contributed by atoms with van der Waals surface area (Å²) in [5.41, 5.74) is 18.5. The highest BCUT2D eigenvalue weighted by Gasteiger charge is 2.22. The maximum absolute atomic E-state index is 2.44. The molecular formula is C104H64N2S2. The molecule has 108 heavy (non-hydrogen) atoms. The van der Waals surface area contributed by atoms with Gasteiger partial charge in [-0.15, -0.1) is 22.7 Å². The number of rotatable bonds is 11. The third-order valence-electron chi connectivity index (χ3n) is 22.5. The third kappa shape index (κ3) is 10.5. The molecule has 0 spiro atoms. The lowest BCUT2D eigenvalue weighted by molar-refractivity contribution is 1.29. The van der Waals surface area contributed by atoms with Crippen LogP contribution in [0.25, 0.3) is 182 Å². The Morgan fingerprint density at radius 3 is 1.19 bits per heavy atom. The topological polar surface area (TPSA) is 6.48 Å². The quantitative estimate of drug-likeness (QED) is 0.119. The predicted molar refractivity (Wildman–Crippen MR) is 469 cm³/mol. The van der Waals surface area contributed by atoms with Gasteiger partial charge in [-0.25, -0.2) is 0 Å². The molecule has 0 radical (unpaired) electrons. The van der Waals surface area contributed by atoms with Crippen LogP contribution in [0.5, 0.6) is 0 Å². The van der Waals surface area contributed by atoms with Gasteiger partial charge >= 0.3 is 0 Å². The Kier molecular flexibility index (Phi) is 14.4. The van der Waals surface area contributed by atoms with Gasteiger partial charge in [0, 0.05) is 74.2 Å². The van der Waals surface area contributed by atoms with Gasteiger partial charge in [0.2, 0.25) is 0 Å². The van der Waals surface area contributed by atoms with Crippen LogP contribution >= 0.6 is 22.7 Å². The fourth-order valence-corrected chi connectivity index (χ4v) is 19.4. The summed E-state index contributed by atoms with van der Waals surface area (Å²) in [6, 6.07) is 145. The summed E-state index contributed by atoms with van der Waals surface area (Å²) >= 11 is 3.75. The smallest absolute Gasteiger partial charge is 0.0540 e. The Balaban J connectivity index is 0.574. The summed E-state index contributed by atoms with van der Waals surface area (Å²) in [6.07, 6.45) is 0. The van der Waals surface area contributed by atoms with Crippen LogP contribution in [0.1, 0.15) is 0 Å². The second-order valence-corrected chi connectivity index (χ2v) is 30.9. The predicted octanol–water partition coefficient (Wildman–Crippen LogP) is 30.9. The van der Waals surface area contributed by atoms with E-state index in [4.69, 9.17) is 0 Å². The van der Waals surface area contributed by atoms with Gasteiger partial charge in [0.1, 0.15) is 0 Å². The van der Waals surface area contributed by atoms with Crippen molar-refractivity contribution in [3.05, 3.63) is 388 Å². The van der Waals surface area contributed by atoms with E-state index in [-0.39, 0.29) is 0 Å².